The number of anilines is 1. The van der Waals surface area contributed by atoms with Crippen LogP contribution in [0.15, 0.2) is 60.0 Å². The number of pyridine rings is 1. The summed E-state index contributed by atoms with van der Waals surface area (Å²) in [5, 5.41) is 2.68. The number of nitrogens with two attached hydrogens (primary N) is 1. The van der Waals surface area contributed by atoms with Crippen LogP contribution in [0.4, 0.5) is 20.3 Å². The molecule has 1 atom stereocenters. The lowest BCUT2D eigenvalue weighted by Crippen LogP contribution is -2.56. The summed E-state index contributed by atoms with van der Waals surface area (Å²) in [7, 11) is 0. The molecule has 1 unspecified atom stereocenters. The van der Waals surface area contributed by atoms with Crippen LogP contribution in [0, 0.1) is 0 Å². The molecule has 2 aromatic heterocycles. The van der Waals surface area contributed by atoms with Crippen molar-refractivity contribution < 1.29 is 18.4 Å². The second-order valence-corrected chi connectivity index (χ2v) is 6.51. The van der Waals surface area contributed by atoms with Crippen molar-refractivity contribution in [2.24, 2.45) is 10.7 Å². The fourth-order valence-corrected chi connectivity index (χ4v) is 3.36. The van der Waals surface area contributed by atoms with Gasteiger partial charge in [-0.1, -0.05) is 12.1 Å². The first-order valence-corrected chi connectivity index (χ1v) is 8.89. The van der Waals surface area contributed by atoms with Gasteiger partial charge in [0, 0.05) is 25.1 Å². The number of hydrogen-bond acceptors (Lipinski definition) is 6. The number of carbonyl (C=O) groups excluding carboxylic acids is 2. The molecule has 8 nitrogen and oxygen atoms in total. The maximum absolute atomic E-state index is 16.6. The molecule has 1 amide bonds. The molecule has 10 heteroatoms. The van der Waals surface area contributed by atoms with Gasteiger partial charge in [0.1, 0.15) is 5.82 Å². The summed E-state index contributed by atoms with van der Waals surface area (Å²) in [6, 6.07) is 8.81. The van der Waals surface area contributed by atoms with Crippen LogP contribution in [0.1, 0.15) is 31.8 Å². The Morgan fingerprint density at radius 2 is 2.13 bits per heavy atom. The number of aliphatic imine (C=N–C) groups is 1. The third-order valence-electron chi connectivity index (χ3n) is 4.74. The van der Waals surface area contributed by atoms with Gasteiger partial charge in [-0.3, -0.25) is 24.8 Å². The zero-order valence-corrected chi connectivity index (χ0v) is 15.5. The number of aromatic amines is 1. The SMILES string of the molecule is NC(=O)c1cccc(N2C(F)=Nc3[nH]ccc3C2(F)NCc2cccnc2)c1C=O. The molecule has 30 heavy (non-hydrogen) atoms. The summed E-state index contributed by atoms with van der Waals surface area (Å²) in [6.07, 6.45) is 3.65. The van der Waals surface area contributed by atoms with E-state index in [1.807, 2.05) is 0 Å². The topological polar surface area (TPSA) is 116 Å². The number of amides is 1. The zero-order chi connectivity index (χ0) is 21.3. The van der Waals surface area contributed by atoms with Crippen LogP contribution in [0.3, 0.4) is 0 Å². The number of primary amides is 1. The molecule has 1 aliphatic rings. The Bertz CT molecular complexity index is 1150. The molecule has 3 heterocycles. The minimum atomic E-state index is -2.63. The van der Waals surface area contributed by atoms with Gasteiger partial charge in [-0.2, -0.15) is 13.8 Å². The van der Waals surface area contributed by atoms with Gasteiger partial charge in [-0.15, -0.1) is 0 Å². The molecular weight excluding hydrogens is 394 g/mol. The molecule has 0 spiro atoms. The van der Waals surface area contributed by atoms with E-state index in [-0.39, 0.29) is 34.7 Å². The van der Waals surface area contributed by atoms with Gasteiger partial charge >= 0.3 is 0 Å². The van der Waals surface area contributed by atoms with Gasteiger partial charge in [-0.25, -0.2) is 0 Å². The van der Waals surface area contributed by atoms with Crippen molar-refractivity contribution in [3.63, 3.8) is 0 Å². The molecule has 0 aliphatic carbocycles. The summed E-state index contributed by atoms with van der Waals surface area (Å²) in [6.45, 7) is -0.00925. The Balaban J connectivity index is 1.86. The summed E-state index contributed by atoms with van der Waals surface area (Å²) in [5.41, 5.74) is 5.37. The minimum Gasteiger partial charge on any atom is -0.366 e. The van der Waals surface area contributed by atoms with Gasteiger partial charge in [0.05, 0.1) is 22.4 Å². The van der Waals surface area contributed by atoms with Crippen molar-refractivity contribution in [2.75, 3.05) is 4.90 Å². The fraction of sp³-hybridized carbons (Fsp3) is 0.100. The van der Waals surface area contributed by atoms with E-state index in [1.54, 1.807) is 18.3 Å². The van der Waals surface area contributed by atoms with E-state index in [2.05, 4.69) is 20.3 Å². The van der Waals surface area contributed by atoms with Gasteiger partial charge in [0.2, 0.25) is 5.91 Å². The first-order valence-electron chi connectivity index (χ1n) is 8.89. The molecule has 0 bridgehead atoms. The molecule has 4 N–H and O–H groups in total. The monoisotopic (exact) mass is 410 g/mol. The minimum absolute atomic E-state index is 0.00844. The fourth-order valence-electron chi connectivity index (χ4n) is 3.36. The van der Waals surface area contributed by atoms with Gasteiger partial charge in [-0.05, 0) is 29.8 Å². The maximum atomic E-state index is 16.6. The molecule has 4 rings (SSSR count). The predicted molar refractivity (Wildman–Crippen MR) is 106 cm³/mol. The highest BCUT2D eigenvalue weighted by Gasteiger charge is 2.48. The van der Waals surface area contributed by atoms with Crippen LogP contribution in [0.25, 0.3) is 0 Å². The van der Waals surface area contributed by atoms with Crippen molar-refractivity contribution >= 4 is 29.8 Å². The predicted octanol–water partition coefficient (Wildman–Crippen LogP) is 2.67. The van der Waals surface area contributed by atoms with Crippen LogP contribution in [-0.2, 0) is 12.5 Å². The van der Waals surface area contributed by atoms with Crippen molar-refractivity contribution in [3.05, 3.63) is 77.2 Å². The Labute approximate surface area is 169 Å². The first-order chi connectivity index (χ1) is 14.5. The molecular formula is C20H16F2N6O2. The largest absolute Gasteiger partial charge is 0.366 e. The number of hydrogen-bond donors (Lipinski definition) is 3. The third-order valence-corrected chi connectivity index (χ3v) is 4.74. The Hall–Kier alpha value is -3.92. The highest BCUT2D eigenvalue weighted by atomic mass is 19.2. The van der Waals surface area contributed by atoms with E-state index >= 15 is 8.78 Å². The number of nitrogens with one attached hydrogen (secondary N) is 2. The average Bonchev–Trinajstić information content (AvgIpc) is 3.22. The van der Waals surface area contributed by atoms with Gasteiger partial charge < -0.3 is 10.7 Å². The lowest BCUT2D eigenvalue weighted by molar-refractivity contribution is 0.0991. The van der Waals surface area contributed by atoms with Crippen LogP contribution in [0.5, 0.6) is 0 Å². The maximum Gasteiger partial charge on any atom is 0.295 e. The van der Waals surface area contributed by atoms with Crippen molar-refractivity contribution in [2.45, 2.75) is 12.5 Å². The van der Waals surface area contributed by atoms with Crippen LogP contribution in [-0.4, -0.2) is 28.3 Å². The molecule has 0 radical (unpaired) electrons. The number of aromatic nitrogens is 2. The van der Waals surface area contributed by atoms with Crippen molar-refractivity contribution in [3.8, 4) is 0 Å². The average molecular weight is 410 g/mol. The van der Waals surface area contributed by atoms with Crippen LogP contribution in [0.2, 0.25) is 0 Å². The van der Waals surface area contributed by atoms with Crippen LogP contribution < -0.4 is 16.0 Å². The summed E-state index contributed by atoms with van der Waals surface area (Å²) in [4.78, 5) is 34.5. The second kappa shape index (κ2) is 7.48. The Morgan fingerprint density at radius 3 is 2.83 bits per heavy atom. The molecule has 0 saturated heterocycles. The molecule has 0 fully saturated rings. The van der Waals surface area contributed by atoms with E-state index in [1.165, 1.54) is 36.7 Å². The van der Waals surface area contributed by atoms with Gasteiger partial charge in [0.15, 0.2) is 6.29 Å². The van der Waals surface area contributed by atoms with E-state index in [0.717, 1.165) is 0 Å². The quantitative estimate of drug-likeness (QED) is 0.427. The van der Waals surface area contributed by atoms with E-state index in [0.29, 0.717) is 16.7 Å². The zero-order valence-electron chi connectivity index (χ0n) is 15.5. The van der Waals surface area contributed by atoms with Gasteiger partial charge in [0.25, 0.3) is 12.0 Å². The molecule has 1 aliphatic heterocycles. The molecule has 3 aromatic rings. The number of halogens is 2. The van der Waals surface area contributed by atoms with E-state index in [9.17, 15) is 9.59 Å². The van der Waals surface area contributed by atoms with Crippen molar-refractivity contribution in [1.29, 1.82) is 0 Å². The standard InChI is InChI=1S/C20H16F2N6O2/c21-19-27-18-15(6-8-25-18)20(22,26-10-12-3-2-7-24-9-12)28(19)16-5-1-4-13(17(23)30)14(16)11-29/h1-9,11,25-26H,10H2,(H2,23,30). The molecule has 152 valence electrons. The number of amidine groups is 1. The van der Waals surface area contributed by atoms with Crippen LogP contribution >= 0.6 is 0 Å². The lowest BCUT2D eigenvalue weighted by atomic mass is 10.0. The number of nitrogens with zero attached hydrogens (tertiary/aromatic N) is 3. The van der Waals surface area contributed by atoms with Crippen molar-refractivity contribution in [1.82, 2.24) is 15.3 Å². The summed E-state index contributed by atoms with van der Waals surface area (Å²) in [5.74, 6) is -3.54. The molecule has 0 saturated carbocycles. The number of benzene rings is 1. The number of carbonyl (C=O) groups is 2. The number of fused-ring (bicyclic) bond motifs is 1. The summed E-state index contributed by atoms with van der Waals surface area (Å²) < 4.78 is 31.6. The highest BCUT2D eigenvalue weighted by molar-refractivity contribution is 6.07. The number of aldehydes is 1. The second-order valence-electron chi connectivity index (χ2n) is 6.51. The summed E-state index contributed by atoms with van der Waals surface area (Å²) >= 11 is 0. The Kier molecular flexibility index (Phi) is 4.84. The normalized spacial score (nSPS) is 17.9. The third kappa shape index (κ3) is 3.12. The number of H-pyrrole nitrogens is 1. The lowest BCUT2D eigenvalue weighted by Gasteiger charge is -2.40. The smallest absolute Gasteiger partial charge is 0.295 e. The molecule has 1 aromatic carbocycles. The van der Waals surface area contributed by atoms with E-state index in [4.69, 9.17) is 5.73 Å². The van der Waals surface area contributed by atoms with E-state index < -0.39 is 17.9 Å². The number of alkyl halides is 1. The highest BCUT2D eigenvalue weighted by Crippen LogP contribution is 2.43. The number of rotatable bonds is 6. The Morgan fingerprint density at radius 1 is 1.30 bits per heavy atom. The first kappa shape index (κ1) is 19.4.